The average molecular weight is 482 g/mol. The molecule has 0 aliphatic heterocycles. The molecule has 0 spiro atoms. The fourth-order valence-electron chi connectivity index (χ4n) is 5.08. The van der Waals surface area contributed by atoms with Gasteiger partial charge in [0.1, 0.15) is 0 Å². The van der Waals surface area contributed by atoms with E-state index in [1.54, 1.807) is 0 Å². The Kier molecular flexibility index (Phi) is 13.4. The summed E-state index contributed by atoms with van der Waals surface area (Å²) in [5.41, 5.74) is -2.85. The molecule has 0 aromatic rings. The van der Waals surface area contributed by atoms with Crippen LogP contribution in [0.15, 0.2) is 0 Å². The number of hydrogen-bond acceptors (Lipinski definition) is 4. The van der Waals surface area contributed by atoms with Gasteiger partial charge in [-0.05, 0) is 25.7 Å². The summed E-state index contributed by atoms with van der Waals surface area (Å²) < 4.78 is 0. The Labute approximate surface area is 186 Å². The SMILES string of the molecule is CCC[P+](CCC)(CCC[P+](CCC)(CCC)C(C(=O)O)C(=O)O)C(C(=O)O)C(=O)O. The van der Waals surface area contributed by atoms with Crippen molar-refractivity contribution in [3.8, 4) is 0 Å². The third-order valence-corrected chi connectivity index (χ3v) is 16.8. The number of carboxylic acid groups (broad SMARTS) is 4. The molecule has 10 heteroatoms. The smallest absolute Gasteiger partial charge is 0.356 e. The van der Waals surface area contributed by atoms with Gasteiger partial charge in [0.05, 0.1) is 37.0 Å². The van der Waals surface area contributed by atoms with Crippen LogP contribution < -0.4 is 0 Å². The third kappa shape index (κ3) is 7.98. The lowest BCUT2D eigenvalue weighted by molar-refractivity contribution is -0.148. The van der Waals surface area contributed by atoms with Crippen molar-refractivity contribution >= 4 is 38.4 Å². The van der Waals surface area contributed by atoms with Crippen molar-refractivity contribution < 1.29 is 39.6 Å². The van der Waals surface area contributed by atoms with Gasteiger partial charge < -0.3 is 20.4 Å². The van der Waals surface area contributed by atoms with Crippen molar-refractivity contribution in [2.24, 2.45) is 0 Å². The van der Waals surface area contributed by atoms with E-state index >= 15 is 0 Å². The average Bonchev–Trinajstić information content (AvgIpc) is 2.61. The van der Waals surface area contributed by atoms with E-state index in [1.807, 2.05) is 27.7 Å². The fourth-order valence-corrected chi connectivity index (χ4v) is 15.2. The van der Waals surface area contributed by atoms with Gasteiger partial charge in [-0.25, -0.2) is 19.2 Å². The van der Waals surface area contributed by atoms with Crippen LogP contribution >= 0.6 is 14.5 Å². The number of rotatable bonds is 18. The Balaban J connectivity index is 6.09. The van der Waals surface area contributed by atoms with E-state index in [4.69, 9.17) is 0 Å². The van der Waals surface area contributed by atoms with Crippen molar-refractivity contribution in [1.29, 1.82) is 0 Å². The van der Waals surface area contributed by atoms with Crippen molar-refractivity contribution in [2.45, 2.75) is 71.1 Å². The molecule has 0 rings (SSSR count). The van der Waals surface area contributed by atoms with Gasteiger partial charge in [0.15, 0.2) is 0 Å². The first-order valence-electron chi connectivity index (χ1n) is 11.1. The zero-order valence-corrected chi connectivity index (χ0v) is 21.0. The molecule has 0 fully saturated rings. The van der Waals surface area contributed by atoms with Crippen LogP contribution in [-0.2, 0) is 19.2 Å². The normalized spacial score (nSPS) is 12.3. The van der Waals surface area contributed by atoms with Gasteiger partial charge in [0, 0.05) is 20.9 Å². The van der Waals surface area contributed by atoms with Crippen molar-refractivity contribution in [3.05, 3.63) is 0 Å². The first kappa shape index (κ1) is 29.7. The van der Waals surface area contributed by atoms with Crippen molar-refractivity contribution in [2.75, 3.05) is 37.0 Å². The Hall–Kier alpha value is -1.26. The maximum Gasteiger partial charge on any atom is 0.356 e. The second-order valence-corrected chi connectivity index (χ2v) is 16.9. The van der Waals surface area contributed by atoms with Crippen molar-refractivity contribution in [1.82, 2.24) is 0 Å². The predicted molar refractivity (Wildman–Crippen MR) is 127 cm³/mol. The summed E-state index contributed by atoms with van der Waals surface area (Å²) in [7, 11) is -4.79. The number of carbonyl (C=O) groups is 4. The van der Waals surface area contributed by atoms with Crippen LogP contribution in [0.5, 0.6) is 0 Å². The molecule has 0 saturated heterocycles. The Morgan fingerprint density at radius 2 is 0.742 bits per heavy atom. The van der Waals surface area contributed by atoms with E-state index in [-0.39, 0.29) is 0 Å². The zero-order valence-electron chi connectivity index (χ0n) is 19.2. The molecule has 8 nitrogen and oxygen atoms in total. The van der Waals surface area contributed by atoms with Crippen LogP contribution in [0, 0.1) is 0 Å². The van der Waals surface area contributed by atoms with Crippen molar-refractivity contribution in [3.63, 3.8) is 0 Å². The summed E-state index contributed by atoms with van der Waals surface area (Å²) in [5.74, 6) is -5.22. The molecular weight excluding hydrogens is 442 g/mol. The van der Waals surface area contributed by atoms with Crippen LogP contribution in [0.1, 0.15) is 59.8 Å². The molecule has 4 N–H and O–H groups in total. The summed E-state index contributed by atoms with van der Waals surface area (Å²) >= 11 is 0. The predicted octanol–water partition coefficient (Wildman–Crippen LogP) is 4.13. The Bertz CT molecular complexity index is 531. The molecule has 0 unspecified atom stereocenters. The molecule has 0 aromatic heterocycles. The summed E-state index contributed by atoms with van der Waals surface area (Å²) in [4.78, 5) is 47.6. The van der Waals surface area contributed by atoms with E-state index in [1.165, 1.54) is 0 Å². The largest absolute Gasteiger partial charge is 0.478 e. The van der Waals surface area contributed by atoms with Crippen LogP contribution in [0.2, 0.25) is 0 Å². The van der Waals surface area contributed by atoms with Crippen LogP contribution in [0.4, 0.5) is 0 Å². The molecule has 0 saturated carbocycles. The van der Waals surface area contributed by atoms with E-state index in [0.717, 1.165) is 0 Å². The summed E-state index contributed by atoms with van der Waals surface area (Å²) in [6, 6.07) is 0. The minimum atomic E-state index is -2.40. The molecule has 0 bridgehead atoms. The summed E-state index contributed by atoms with van der Waals surface area (Å²) in [5, 5.41) is 38.8. The van der Waals surface area contributed by atoms with Gasteiger partial charge in [0.25, 0.3) is 11.3 Å². The van der Waals surface area contributed by atoms with Crippen LogP contribution in [-0.4, -0.2) is 92.6 Å². The van der Waals surface area contributed by atoms with Gasteiger partial charge in [0.2, 0.25) is 0 Å². The van der Waals surface area contributed by atoms with Gasteiger partial charge in [-0.1, -0.05) is 27.7 Å². The lowest BCUT2D eigenvalue weighted by Gasteiger charge is -2.33. The molecule has 0 aliphatic rings. The van der Waals surface area contributed by atoms with E-state index in [9.17, 15) is 39.6 Å². The number of carboxylic acids is 4. The minimum absolute atomic E-state index is 0.444. The Morgan fingerprint density at radius 1 is 0.516 bits per heavy atom. The highest BCUT2D eigenvalue weighted by molar-refractivity contribution is 7.79. The van der Waals surface area contributed by atoms with Gasteiger partial charge >= 0.3 is 23.9 Å². The Morgan fingerprint density at radius 3 is 0.903 bits per heavy atom. The monoisotopic (exact) mass is 482 g/mol. The first-order chi connectivity index (χ1) is 14.5. The highest BCUT2D eigenvalue weighted by atomic mass is 31.2. The van der Waals surface area contributed by atoms with E-state index in [2.05, 4.69) is 0 Å². The molecule has 180 valence electrons. The quantitative estimate of drug-likeness (QED) is 0.168. The molecule has 0 aromatic carbocycles. The highest BCUT2D eigenvalue weighted by Crippen LogP contribution is 2.68. The lowest BCUT2D eigenvalue weighted by Crippen LogP contribution is -2.38. The maximum atomic E-state index is 11.9. The second-order valence-electron chi connectivity index (χ2n) is 8.29. The molecule has 0 atom stereocenters. The first-order valence-corrected chi connectivity index (χ1v) is 15.9. The third-order valence-electron chi connectivity index (χ3n) is 5.91. The summed E-state index contributed by atoms with van der Waals surface area (Å²) in [6.45, 7) is 7.67. The molecular formula is C21H40O8P2+2. The molecule has 0 heterocycles. The number of hydrogen-bond donors (Lipinski definition) is 4. The fraction of sp³-hybridized carbons (Fsp3) is 0.810. The van der Waals surface area contributed by atoms with E-state index in [0.29, 0.717) is 69.1 Å². The van der Waals surface area contributed by atoms with Gasteiger partial charge in [-0.2, -0.15) is 0 Å². The molecule has 0 aliphatic carbocycles. The zero-order chi connectivity index (χ0) is 24.2. The molecule has 31 heavy (non-hydrogen) atoms. The van der Waals surface area contributed by atoms with Crippen LogP contribution in [0.3, 0.4) is 0 Å². The highest BCUT2D eigenvalue weighted by Gasteiger charge is 2.56. The molecule has 0 amide bonds. The molecule has 0 radical (unpaired) electrons. The topological polar surface area (TPSA) is 149 Å². The second kappa shape index (κ2) is 14.0. The van der Waals surface area contributed by atoms with E-state index < -0.39 is 49.7 Å². The summed E-state index contributed by atoms with van der Waals surface area (Å²) in [6.07, 6.45) is 6.31. The standard InChI is InChI=1S/C21H38O8P2/c1-5-10-30(11-6-2,16(18(22)23)19(24)25)14-9-15-31(12-7-3,13-8-4)17(20(26)27)21(28)29/h16-17H,5-15H2,1-4H3,(H2-2,22,23,24,25,26,27,28,29)/p+2. The minimum Gasteiger partial charge on any atom is -0.478 e. The lowest BCUT2D eigenvalue weighted by atomic mass is 10.4. The number of aliphatic carboxylic acids is 4. The maximum absolute atomic E-state index is 11.9. The van der Waals surface area contributed by atoms with Crippen LogP contribution in [0.25, 0.3) is 0 Å². The van der Waals surface area contributed by atoms with Gasteiger partial charge in [-0.3, -0.25) is 0 Å². The van der Waals surface area contributed by atoms with Gasteiger partial charge in [-0.15, -0.1) is 0 Å².